The second-order valence-corrected chi connectivity index (χ2v) is 8.18. The molecule has 1 aromatic heterocycles. The van der Waals surface area contributed by atoms with E-state index in [1.807, 2.05) is 25.4 Å². The Balaban J connectivity index is 0.00000289. The average molecular weight is 551 g/mol. The van der Waals surface area contributed by atoms with Gasteiger partial charge < -0.3 is 24.6 Å². The number of piperazine rings is 1. The lowest BCUT2D eigenvalue weighted by Crippen LogP contribution is -2.55. The Kier molecular flexibility index (Phi) is 8.98. The topological polar surface area (TPSA) is 62.2 Å². The highest BCUT2D eigenvalue weighted by Gasteiger charge is 2.35. The molecule has 2 aromatic rings. The van der Waals surface area contributed by atoms with Gasteiger partial charge in [-0.2, -0.15) is 0 Å². The summed E-state index contributed by atoms with van der Waals surface area (Å²) in [5, 5.41) is 3.69. The van der Waals surface area contributed by atoms with E-state index >= 15 is 0 Å². The first-order chi connectivity index (χ1) is 15.2. The SMILES string of the molecule is CN=C(NCC1(c2ccc(OC)cc2)CCOCC1)N1CCN(c2ccccn2)CC1.I. The summed E-state index contributed by atoms with van der Waals surface area (Å²) in [5.74, 6) is 2.91. The Hall–Kier alpha value is -2.07. The van der Waals surface area contributed by atoms with Gasteiger partial charge in [0, 0.05) is 64.6 Å². The number of hydrogen-bond donors (Lipinski definition) is 1. The normalized spacial score (nSPS) is 18.6. The first-order valence-corrected chi connectivity index (χ1v) is 11.1. The first-order valence-electron chi connectivity index (χ1n) is 11.1. The third-order valence-electron chi connectivity index (χ3n) is 6.50. The fraction of sp³-hybridized carbons (Fsp3) is 0.500. The number of rotatable bonds is 5. The van der Waals surface area contributed by atoms with Gasteiger partial charge >= 0.3 is 0 Å². The van der Waals surface area contributed by atoms with Crippen molar-refractivity contribution >= 4 is 35.8 Å². The van der Waals surface area contributed by atoms with Crippen molar-refractivity contribution in [2.75, 3.05) is 65.0 Å². The van der Waals surface area contributed by atoms with E-state index in [1.165, 1.54) is 5.56 Å². The molecule has 7 nitrogen and oxygen atoms in total. The molecule has 0 unspecified atom stereocenters. The number of benzene rings is 1. The Labute approximate surface area is 208 Å². The van der Waals surface area contributed by atoms with Gasteiger partial charge in [0.25, 0.3) is 0 Å². The number of aliphatic imine (C=N–C) groups is 1. The van der Waals surface area contributed by atoms with E-state index in [0.717, 1.165) is 76.3 Å². The minimum Gasteiger partial charge on any atom is -0.497 e. The smallest absolute Gasteiger partial charge is 0.193 e. The lowest BCUT2D eigenvalue weighted by Gasteiger charge is -2.41. The summed E-state index contributed by atoms with van der Waals surface area (Å²) in [6, 6.07) is 14.6. The molecule has 0 atom stereocenters. The molecule has 1 aromatic carbocycles. The predicted octanol–water partition coefficient (Wildman–Crippen LogP) is 3.15. The van der Waals surface area contributed by atoms with Crippen molar-refractivity contribution in [3.8, 4) is 5.75 Å². The maximum atomic E-state index is 5.69. The highest BCUT2D eigenvalue weighted by Crippen LogP contribution is 2.35. The molecule has 2 aliphatic rings. The van der Waals surface area contributed by atoms with Crippen LogP contribution in [0.25, 0.3) is 0 Å². The fourth-order valence-electron chi connectivity index (χ4n) is 4.54. The molecule has 0 radical (unpaired) electrons. The van der Waals surface area contributed by atoms with Crippen LogP contribution in [0.15, 0.2) is 53.7 Å². The summed E-state index contributed by atoms with van der Waals surface area (Å²) < 4.78 is 11.0. The van der Waals surface area contributed by atoms with Gasteiger partial charge in [-0.1, -0.05) is 18.2 Å². The van der Waals surface area contributed by atoms with E-state index in [0.29, 0.717) is 0 Å². The summed E-state index contributed by atoms with van der Waals surface area (Å²) in [5.41, 5.74) is 1.37. The van der Waals surface area contributed by atoms with E-state index in [1.54, 1.807) is 7.11 Å². The monoisotopic (exact) mass is 551 g/mol. The van der Waals surface area contributed by atoms with Gasteiger partial charge in [0.1, 0.15) is 11.6 Å². The van der Waals surface area contributed by atoms with Gasteiger partial charge in [-0.05, 0) is 42.7 Å². The van der Waals surface area contributed by atoms with E-state index < -0.39 is 0 Å². The number of anilines is 1. The Morgan fingerprint density at radius 2 is 1.81 bits per heavy atom. The fourth-order valence-corrected chi connectivity index (χ4v) is 4.54. The number of hydrogen-bond acceptors (Lipinski definition) is 5. The number of nitrogens with zero attached hydrogens (tertiary/aromatic N) is 4. The van der Waals surface area contributed by atoms with Gasteiger partial charge in [0.2, 0.25) is 0 Å². The van der Waals surface area contributed by atoms with Crippen molar-refractivity contribution in [3.63, 3.8) is 0 Å². The molecule has 4 rings (SSSR count). The number of aromatic nitrogens is 1. The summed E-state index contributed by atoms with van der Waals surface area (Å²) >= 11 is 0. The van der Waals surface area contributed by atoms with Crippen molar-refractivity contribution < 1.29 is 9.47 Å². The number of nitrogens with one attached hydrogen (secondary N) is 1. The molecule has 2 saturated heterocycles. The standard InChI is InChI=1S/C24H33N5O2.HI/c1-25-23(29-15-13-28(14-16-29)22-5-3-4-12-26-22)27-19-24(10-17-31-18-11-24)20-6-8-21(30-2)9-7-20;/h3-9,12H,10-11,13-19H2,1-2H3,(H,25,27);1H. The van der Waals surface area contributed by atoms with Crippen molar-refractivity contribution in [2.24, 2.45) is 4.99 Å². The maximum Gasteiger partial charge on any atom is 0.193 e. The predicted molar refractivity (Wildman–Crippen MR) is 140 cm³/mol. The zero-order valence-electron chi connectivity index (χ0n) is 19.0. The van der Waals surface area contributed by atoms with Gasteiger partial charge in [-0.3, -0.25) is 4.99 Å². The minimum absolute atomic E-state index is 0. The molecule has 32 heavy (non-hydrogen) atoms. The van der Waals surface area contributed by atoms with Gasteiger partial charge in [-0.15, -0.1) is 24.0 Å². The Morgan fingerprint density at radius 1 is 1.09 bits per heavy atom. The van der Waals surface area contributed by atoms with Crippen LogP contribution in [0.1, 0.15) is 18.4 Å². The molecule has 1 N–H and O–H groups in total. The molecule has 3 heterocycles. The molecule has 2 aliphatic heterocycles. The first kappa shape index (κ1) is 24.6. The van der Waals surface area contributed by atoms with Crippen molar-refractivity contribution in [1.82, 2.24) is 15.2 Å². The van der Waals surface area contributed by atoms with E-state index in [9.17, 15) is 0 Å². The van der Waals surface area contributed by atoms with Gasteiger partial charge in [0.05, 0.1) is 7.11 Å². The molecule has 0 amide bonds. The van der Waals surface area contributed by atoms with Crippen LogP contribution in [-0.4, -0.2) is 75.9 Å². The summed E-state index contributed by atoms with van der Waals surface area (Å²) in [7, 11) is 3.58. The van der Waals surface area contributed by atoms with Crippen LogP contribution in [0.3, 0.4) is 0 Å². The van der Waals surface area contributed by atoms with Crippen LogP contribution < -0.4 is 15.0 Å². The maximum absolute atomic E-state index is 5.69. The molecular weight excluding hydrogens is 517 g/mol. The van der Waals surface area contributed by atoms with Crippen LogP contribution in [0.5, 0.6) is 5.75 Å². The van der Waals surface area contributed by atoms with Crippen LogP contribution in [-0.2, 0) is 10.2 Å². The molecule has 0 bridgehead atoms. The summed E-state index contributed by atoms with van der Waals surface area (Å²) in [4.78, 5) is 13.8. The molecule has 174 valence electrons. The number of guanidine groups is 1. The van der Waals surface area contributed by atoms with Gasteiger partial charge in [-0.25, -0.2) is 4.98 Å². The van der Waals surface area contributed by atoms with Crippen molar-refractivity contribution in [2.45, 2.75) is 18.3 Å². The number of ether oxygens (including phenoxy) is 2. The van der Waals surface area contributed by atoms with Crippen LogP contribution in [0.4, 0.5) is 5.82 Å². The molecular formula is C24H34IN5O2. The Morgan fingerprint density at radius 3 is 2.41 bits per heavy atom. The lowest BCUT2D eigenvalue weighted by atomic mass is 9.74. The molecule has 2 fully saturated rings. The zero-order chi connectivity index (χ0) is 21.5. The van der Waals surface area contributed by atoms with Crippen molar-refractivity contribution in [1.29, 1.82) is 0 Å². The molecule has 0 aliphatic carbocycles. The highest BCUT2D eigenvalue weighted by atomic mass is 127. The quantitative estimate of drug-likeness (QED) is 0.350. The van der Waals surface area contributed by atoms with Crippen LogP contribution >= 0.6 is 24.0 Å². The highest BCUT2D eigenvalue weighted by molar-refractivity contribution is 14.0. The third-order valence-corrected chi connectivity index (χ3v) is 6.50. The number of methoxy groups -OCH3 is 1. The molecule has 8 heteroatoms. The minimum atomic E-state index is 0. The van der Waals surface area contributed by atoms with E-state index in [2.05, 4.69) is 55.4 Å². The second kappa shape index (κ2) is 11.7. The summed E-state index contributed by atoms with van der Waals surface area (Å²) in [6.45, 7) is 6.15. The Bertz CT molecular complexity index is 848. The lowest BCUT2D eigenvalue weighted by molar-refractivity contribution is 0.0511. The molecule has 0 saturated carbocycles. The largest absolute Gasteiger partial charge is 0.497 e. The summed E-state index contributed by atoms with van der Waals surface area (Å²) in [6.07, 6.45) is 3.85. The zero-order valence-corrected chi connectivity index (χ0v) is 21.3. The van der Waals surface area contributed by atoms with Crippen LogP contribution in [0.2, 0.25) is 0 Å². The average Bonchev–Trinajstić information content (AvgIpc) is 2.86. The van der Waals surface area contributed by atoms with Gasteiger partial charge in [0.15, 0.2) is 5.96 Å². The number of halogens is 1. The molecule has 0 spiro atoms. The van der Waals surface area contributed by atoms with E-state index in [-0.39, 0.29) is 29.4 Å². The van der Waals surface area contributed by atoms with Crippen LogP contribution in [0, 0.1) is 0 Å². The van der Waals surface area contributed by atoms with E-state index in [4.69, 9.17) is 9.47 Å². The second-order valence-electron chi connectivity index (χ2n) is 8.18. The third kappa shape index (κ3) is 5.64. The van der Waals surface area contributed by atoms with Crippen molar-refractivity contribution in [3.05, 3.63) is 54.2 Å². The number of pyridine rings is 1.